The van der Waals surface area contributed by atoms with E-state index in [1.54, 1.807) is 0 Å². The third-order valence-electron chi connectivity index (χ3n) is 5.94. The molecular weight excluding hydrogens is 321 g/mol. The molecule has 0 bridgehead atoms. The van der Waals surface area contributed by atoms with Crippen LogP contribution in [0.5, 0.6) is 0 Å². The first-order valence-electron chi connectivity index (χ1n) is 10.2. The first kappa shape index (κ1) is 22.6. The van der Waals surface area contributed by atoms with Crippen LogP contribution in [0.4, 0.5) is 4.39 Å². The molecule has 0 aromatic rings. The van der Waals surface area contributed by atoms with Gasteiger partial charge in [-0.3, -0.25) is 4.99 Å². The SMILES string of the molecule is C=C(/C=C1/CC(C)C(C)/C1=N/C)CCC(/C=C(\C)C(C)CC)=C(\F)CC. The molecule has 1 aliphatic rings. The Hall–Kier alpha value is -1.44. The van der Waals surface area contributed by atoms with Gasteiger partial charge in [-0.1, -0.05) is 64.5 Å². The van der Waals surface area contributed by atoms with E-state index in [1.165, 1.54) is 16.9 Å². The minimum atomic E-state index is 0.00651. The largest absolute Gasteiger partial charge is 0.293 e. The summed E-state index contributed by atoms with van der Waals surface area (Å²) in [6, 6.07) is 0. The molecule has 0 aromatic heterocycles. The molecule has 0 radical (unpaired) electrons. The van der Waals surface area contributed by atoms with Gasteiger partial charge in [0.2, 0.25) is 0 Å². The Morgan fingerprint density at radius 3 is 2.50 bits per heavy atom. The van der Waals surface area contributed by atoms with Crippen molar-refractivity contribution in [2.24, 2.45) is 22.7 Å². The van der Waals surface area contributed by atoms with Gasteiger partial charge in [0, 0.05) is 18.7 Å². The molecule has 1 rings (SSSR count). The van der Waals surface area contributed by atoms with E-state index in [1.807, 2.05) is 14.0 Å². The zero-order valence-corrected chi connectivity index (χ0v) is 18.0. The number of halogens is 1. The van der Waals surface area contributed by atoms with Gasteiger partial charge in [0.25, 0.3) is 0 Å². The minimum Gasteiger partial charge on any atom is -0.293 e. The van der Waals surface area contributed by atoms with Gasteiger partial charge >= 0.3 is 0 Å². The van der Waals surface area contributed by atoms with Crippen molar-refractivity contribution in [2.75, 3.05) is 7.05 Å². The summed E-state index contributed by atoms with van der Waals surface area (Å²) < 4.78 is 14.4. The van der Waals surface area contributed by atoms with Crippen LogP contribution in [0.3, 0.4) is 0 Å². The van der Waals surface area contributed by atoms with Crippen LogP contribution in [0.15, 0.2) is 51.8 Å². The molecule has 0 heterocycles. The van der Waals surface area contributed by atoms with Crippen LogP contribution >= 0.6 is 0 Å². The fraction of sp³-hybridized carbons (Fsp3) is 0.625. The van der Waals surface area contributed by atoms with Crippen LogP contribution < -0.4 is 0 Å². The van der Waals surface area contributed by atoms with Crippen LogP contribution in [-0.2, 0) is 0 Å². The first-order chi connectivity index (χ1) is 12.2. The zero-order valence-electron chi connectivity index (χ0n) is 18.0. The number of rotatable bonds is 8. The second-order valence-corrected chi connectivity index (χ2v) is 7.89. The summed E-state index contributed by atoms with van der Waals surface area (Å²) in [5.41, 5.74) is 5.68. The van der Waals surface area contributed by atoms with Crippen molar-refractivity contribution in [3.8, 4) is 0 Å². The van der Waals surface area contributed by atoms with Crippen LogP contribution in [0.1, 0.15) is 73.6 Å². The summed E-state index contributed by atoms with van der Waals surface area (Å²) in [7, 11) is 1.88. The number of aliphatic imine (C=N–C) groups is 1. The maximum absolute atomic E-state index is 14.4. The predicted molar refractivity (Wildman–Crippen MR) is 114 cm³/mol. The standard InChI is InChI=1S/C24H38FN/c1-9-17(4)18(5)14-21(23(25)10-2)12-11-16(3)13-22-15-19(6)20(7)24(22)26-8/h13-14,17,19-20H,3,9-12,15H2,1-2,4-8H3/b18-14+,22-13-,23-21+,26-24-. The second kappa shape index (κ2) is 10.6. The van der Waals surface area contributed by atoms with Gasteiger partial charge in [-0.15, -0.1) is 0 Å². The number of hydrogen-bond donors (Lipinski definition) is 0. The van der Waals surface area contributed by atoms with Gasteiger partial charge in [-0.25, -0.2) is 4.39 Å². The highest BCUT2D eigenvalue weighted by molar-refractivity contribution is 6.04. The van der Waals surface area contributed by atoms with Crippen molar-refractivity contribution < 1.29 is 4.39 Å². The average Bonchev–Trinajstić information content (AvgIpc) is 2.89. The lowest BCUT2D eigenvalue weighted by atomic mass is 9.94. The van der Waals surface area contributed by atoms with Gasteiger partial charge in [-0.05, 0) is 62.0 Å². The molecule has 0 spiro atoms. The third-order valence-corrected chi connectivity index (χ3v) is 5.94. The molecule has 0 aliphatic heterocycles. The highest BCUT2D eigenvalue weighted by atomic mass is 19.1. The smallest absolute Gasteiger partial charge is 0.103 e. The lowest BCUT2D eigenvalue weighted by Crippen LogP contribution is -2.08. The van der Waals surface area contributed by atoms with Gasteiger partial charge < -0.3 is 0 Å². The molecule has 0 N–H and O–H groups in total. The first-order valence-corrected chi connectivity index (χ1v) is 10.2. The molecule has 1 aliphatic carbocycles. The Kier molecular flexibility index (Phi) is 9.25. The van der Waals surface area contributed by atoms with Crippen LogP contribution in [0.25, 0.3) is 0 Å². The lowest BCUT2D eigenvalue weighted by molar-refractivity contribution is 0.522. The van der Waals surface area contributed by atoms with E-state index in [0.29, 0.717) is 30.6 Å². The molecule has 0 saturated heterocycles. The Bertz CT molecular complexity index is 618. The van der Waals surface area contributed by atoms with Gasteiger partial charge in [0.15, 0.2) is 0 Å². The van der Waals surface area contributed by atoms with Crippen LogP contribution in [-0.4, -0.2) is 12.8 Å². The highest BCUT2D eigenvalue weighted by Gasteiger charge is 2.29. The van der Waals surface area contributed by atoms with Crippen molar-refractivity contribution in [3.05, 3.63) is 46.9 Å². The molecule has 1 fully saturated rings. The number of hydrogen-bond acceptors (Lipinski definition) is 1. The van der Waals surface area contributed by atoms with Crippen molar-refractivity contribution in [2.45, 2.75) is 73.6 Å². The van der Waals surface area contributed by atoms with Gasteiger partial charge in [0.05, 0.1) is 0 Å². The second-order valence-electron chi connectivity index (χ2n) is 7.89. The van der Waals surface area contributed by atoms with Crippen LogP contribution in [0, 0.1) is 17.8 Å². The fourth-order valence-electron chi connectivity index (χ4n) is 3.54. The van der Waals surface area contributed by atoms with E-state index in [4.69, 9.17) is 0 Å². The Morgan fingerprint density at radius 1 is 1.31 bits per heavy atom. The van der Waals surface area contributed by atoms with Crippen molar-refractivity contribution in [1.82, 2.24) is 0 Å². The van der Waals surface area contributed by atoms with Crippen molar-refractivity contribution in [1.29, 1.82) is 0 Å². The molecule has 2 heteroatoms. The zero-order chi connectivity index (χ0) is 19.9. The Balaban J connectivity index is 2.87. The summed E-state index contributed by atoms with van der Waals surface area (Å²) in [5.74, 6) is 1.63. The molecule has 146 valence electrons. The summed E-state index contributed by atoms with van der Waals surface area (Å²) in [4.78, 5) is 4.49. The van der Waals surface area contributed by atoms with E-state index in [-0.39, 0.29) is 5.83 Å². The third kappa shape index (κ3) is 6.07. The van der Waals surface area contributed by atoms with E-state index >= 15 is 0 Å². The molecule has 0 aromatic carbocycles. The minimum absolute atomic E-state index is 0.00651. The quantitative estimate of drug-likeness (QED) is 0.395. The monoisotopic (exact) mass is 359 g/mol. The maximum atomic E-state index is 14.4. The summed E-state index contributed by atoms with van der Waals surface area (Å²) in [6.07, 6.45) is 8.34. The molecule has 26 heavy (non-hydrogen) atoms. The normalized spacial score (nSPS) is 26.4. The summed E-state index contributed by atoms with van der Waals surface area (Å²) in [5, 5.41) is 0. The van der Waals surface area contributed by atoms with Gasteiger partial charge in [-0.2, -0.15) is 0 Å². The summed E-state index contributed by atoms with van der Waals surface area (Å²) in [6.45, 7) is 17.1. The summed E-state index contributed by atoms with van der Waals surface area (Å²) >= 11 is 0. The lowest BCUT2D eigenvalue weighted by Gasteiger charge is -2.12. The topological polar surface area (TPSA) is 12.4 Å². The number of nitrogens with zero attached hydrogens (tertiary/aromatic N) is 1. The average molecular weight is 360 g/mol. The van der Waals surface area contributed by atoms with E-state index in [2.05, 4.69) is 58.3 Å². The molecule has 1 saturated carbocycles. The number of allylic oxidation sites excluding steroid dienone is 7. The molecule has 3 unspecified atom stereocenters. The fourth-order valence-corrected chi connectivity index (χ4v) is 3.54. The molecule has 0 amide bonds. The van der Waals surface area contributed by atoms with Crippen molar-refractivity contribution >= 4 is 5.71 Å². The van der Waals surface area contributed by atoms with Crippen molar-refractivity contribution in [3.63, 3.8) is 0 Å². The van der Waals surface area contributed by atoms with E-state index in [0.717, 1.165) is 30.4 Å². The van der Waals surface area contributed by atoms with Gasteiger partial charge in [0.1, 0.15) is 5.83 Å². The van der Waals surface area contributed by atoms with Crippen LogP contribution in [0.2, 0.25) is 0 Å². The molecule has 1 nitrogen and oxygen atoms in total. The molecular formula is C24H38FN. The predicted octanol–water partition coefficient (Wildman–Crippen LogP) is 7.62. The van der Waals surface area contributed by atoms with E-state index < -0.39 is 0 Å². The molecule has 3 atom stereocenters. The van der Waals surface area contributed by atoms with E-state index in [9.17, 15) is 4.39 Å². The Labute approximate surface area is 160 Å². The highest BCUT2D eigenvalue weighted by Crippen LogP contribution is 2.34. The maximum Gasteiger partial charge on any atom is 0.103 e. The Morgan fingerprint density at radius 2 is 1.96 bits per heavy atom.